The van der Waals surface area contributed by atoms with Crippen LogP contribution in [0.25, 0.3) is 11.5 Å². The molecule has 0 aliphatic rings. The summed E-state index contributed by atoms with van der Waals surface area (Å²) in [7, 11) is 0. The van der Waals surface area contributed by atoms with E-state index in [4.69, 9.17) is 5.26 Å². The minimum atomic E-state index is 0.339. The van der Waals surface area contributed by atoms with Crippen LogP contribution in [0.3, 0.4) is 0 Å². The Morgan fingerprint density at radius 3 is 2.86 bits per heavy atom. The summed E-state index contributed by atoms with van der Waals surface area (Å²) < 4.78 is 0.584. The summed E-state index contributed by atoms with van der Waals surface area (Å²) in [6, 6.07) is 7.49. The van der Waals surface area contributed by atoms with E-state index in [1.807, 2.05) is 24.3 Å². The smallest absolute Gasteiger partial charge is 0.173 e. The highest BCUT2D eigenvalue weighted by atomic mass is 79.9. The van der Waals surface area contributed by atoms with Crippen LogP contribution in [-0.4, -0.2) is 15.0 Å². The average molecular weight is 249 g/mol. The minimum Gasteiger partial charge on any atom is -0.330 e. The fourth-order valence-corrected chi connectivity index (χ4v) is 1.42. The molecule has 0 atom stereocenters. The van der Waals surface area contributed by atoms with Crippen molar-refractivity contribution >= 4 is 15.9 Å². The molecule has 0 aliphatic heterocycles. The molecular formula is C9H5BrN4. The van der Waals surface area contributed by atoms with Gasteiger partial charge in [0.2, 0.25) is 0 Å². The van der Waals surface area contributed by atoms with Crippen LogP contribution in [0.4, 0.5) is 0 Å². The van der Waals surface area contributed by atoms with Crippen LogP contribution in [0.1, 0.15) is 5.69 Å². The highest BCUT2D eigenvalue weighted by Gasteiger charge is 2.08. The summed E-state index contributed by atoms with van der Waals surface area (Å²) in [6.07, 6.45) is 1.68. The maximum Gasteiger partial charge on any atom is 0.173 e. The van der Waals surface area contributed by atoms with Crippen molar-refractivity contribution in [1.82, 2.24) is 15.0 Å². The van der Waals surface area contributed by atoms with E-state index in [2.05, 4.69) is 30.9 Å². The van der Waals surface area contributed by atoms with E-state index >= 15 is 0 Å². The standard InChI is InChI=1S/C9H5BrN4/c10-8-7(5-11)13-9(14-8)6-3-1-2-4-12-6/h1-4H,(H,13,14). The monoisotopic (exact) mass is 248 g/mol. The maximum atomic E-state index is 8.70. The van der Waals surface area contributed by atoms with Crippen LogP contribution in [-0.2, 0) is 0 Å². The van der Waals surface area contributed by atoms with Crippen LogP contribution >= 0.6 is 15.9 Å². The molecule has 68 valence electrons. The lowest BCUT2D eigenvalue weighted by atomic mass is 10.3. The molecule has 0 bridgehead atoms. The van der Waals surface area contributed by atoms with Gasteiger partial charge in [0.1, 0.15) is 16.4 Å². The number of halogens is 1. The number of pyridine rings is 1. The Bertz CT molecular complexity index is 483. The van der Waals surface area contributed by atoms with Gasteiger partial charge in [-0.25, -0.2) is 4.98 Å². The Labute approximate surface area is 88.8 Å². The highest BCUT2D eigenvalue weighted by molar-refractivity contribution is 9.10. The molecule has 1 N–H and O–H groups in total. The lowest BCUT2D eigenvalue weighted by Gasteiger charge is -1.92. The first kappa shape index (κ1) is 8.91. The molecular weight excluding hydrogens is 244 g/mol. The summed E-state index contributed by atoms with van der Waals surface area (Å²) in [5.41, 5.74) is 1.06. The number of nitrogens with zero attached hydrogens (tertiary/aromatic N) is 3. The molecule has 0 unspecified atom stereocenters. The van der Waals surface area contributed by atoms with Crippen molar-refractivity contribution in [3.63, 3.8) is 0 Å². The van der Waals surface area contributed by atoms with Gasteiger partial charge in [0.05, 0.1) is 0 Å². The van der Waals surface area contributed by atoms with Crippen molar-refractivity contribution in [2.45, 2.75) is 0 Å². The quantitative estimate of drug-likeness (QED) is 0.841. The van der Waals surface area contributed by atoms with Gasteiger partial charge in [0, 0.05) is 6.20 Å². The fraction of sp³-hybridized carbons (Fsp3) is 0. The van der Waals surface area contributed by atoms with Gasteiger partial charge in [-0.2, -0.15) is 5.26 Å². The molecule has 0 radical (unpaired) electrons. The molecule has 2 rings (SSSR count). The number of rotatable bonds is 1. The van der Waals surface area contributed by atoms with Crippen LogP contribution in [0, 0.1) is 11.3 Å². The second-order valence-corrected chi connectivity index (χ2v) is 3.37. The number of hydrogen-bond acceptors (Lipinski definition) is 3. The summed E-state index contributed by atoms with van der Waals surface area (Å²) in [5.74, 6) is 0.592. The molecule has 0 amide bonds. The Morgan fingerprint density at radius 2 is 2.29 bits per heavy atom. The summed E-state index contributed by atoms with van der Waals surface area (Å²) >= 11 is 3.21. The molecule has 4 nitrogen and oxygen atoms in total. The number of imidazole rings is 1. The lowest BCUT2D eigenvalue weighted by Crippen LogP contribution is -1.83. The third-order valence-electron chi connectivity index (χ3n) is 1.67. The normalized spacial score (nSPS) is 9.71. The predicted octanol–water partition coefficient (Wildman–Crippen LogP) is 2.11. The first-order chi connectivity index (χ1) is 6.81. The van der Waals surface area contributed by atoms with Gasteiger partial charge in [0.15, 0.2) is 11.5 Å². The second kappa shape index (κ2) is 3.60. The first-order valence-corrected chi connectivity index (χ1v) is 4.67. The van der Waals surface area contributed by atoms with Gasteiger partial charge in [-0.05, 0) is 28.1 Å². The van der Waals surface area contributed by atoms with Crippen LogP contribution in [0.15, 0.2) is 29.0 Å². The number of hydrogen-bond donors (Lipinski definition) is 1. The van der Waals surface area contributed by atoms with Crippen molar-refractivity contribution in [3.05, 3.63) is 34.7 Å². The third kappa shape index (κ3) is 1.52. The maximum absolute atomic E-state index is 8.70. The van der Waals surface area contributed by atoms with Crippen molar-refractivity contribution in [2.75, 3.05) is 0 Å². The van der Waals surface area contributed by atoms with Crippen molar-refractivity contribution in [2.24, 2.45) is 0 Å². The van der Waals surface area contributed by atoms with Crippen LogP contribution in [0.5, 0.6) is 0 Å². The van der Waals surface area contributed by atoms with Gasteiger partial charge in [0.25, 0.3) is 0 Å². The van der Waals surface area contributed by atoms with E-state index < -0.39 is 0 Å². The minimum absolute atomic E-state index is 0.339. The van der Waals surface area contributed by atoms with Gasteiger partial charge in [-0.1, -0.05) is 6.07 Å². The molecule has 0 fully saturated rings. The molecule has 0 saturated carbocycles. The number of nitrogens with one attached hydrogen (secondary N) is 1. The Hall–Kier alpha value is -1.67. The van der Waals surface area contributed by atoms with Crippen molar-refractivity contribution < 1.29 is 0 Å². The lowest BCUT2D eigenvalue weighted by molar-refractivity contribution is 1.21. The predicted molar refractivity (Wildman–Crippen MR) is 54.2 cm³/mol. The number of H-pyrrole nitrogens is 1. The highest BCUT2D eigenvalue weighted by Crippen LogP contribution is 2.18. The van der Waals surface area contributed by atoms with Crippen molar-refractivity contribution in [1.29, 1.82) is 5.26 Å². The zero-order valence-corrected chi connectivity index (χ0v) is 8.62. The fourth-order valence-electron chi connectivity index (χ4n) is 1.05. The van der Waals surface area contributed by atoms with Gasteiger partial charge in [-0.15, -0.1) is 0 Å². The summed E-state index contributed by atoms with van der Waals surface area (Å²) in [6.45, 7) is 0. The van der Waals surface area contributed by atoms with E-state index in [0.717, 1.165) is 5.69 Å². The SMILES string of the molecule is N#Cc1nc(-c2ccccn2)[nH]c1Br. The zero-order valence-electron chi connectivity index (χ0n) is 7.03. The van der Waals surface area contributed by atoms with Crippen molar-refractivity contribution in [3.8, 4) is 17.6 Å². The molecule has 0 saturated heterocycles. The Morgan fingerprint density at radius 1 is 1.43 bits per heavy atom. The van der Waals surface area contributed by atoms with E-state index in [1.54, 1.807) is 6.20 Å². The molecule has 14 heavy (non-hydrogen) atoms. The topological polar surface area (TPSA) is 65.4 Å². The molecule has 2 aromatic rings. The van der Waals surface area contributed by atoms with E-state index in [0.29, 0.717) is 16.1 Å². The summed E-state index contributed by atoms with van der Waals surface area (Å²) in [4.78, 5) is 11.1. The molecule has 0 aliphatic carbocycles. The van der Waals surface area contributed by atoms with Gasteiger partial charge in [-0.3, -0.25) is 4.98 Å². The van der Waals surface area contributed by atoms with Crippen LogP contribution in [0.2, 0.25) is 0 Å². The first-order valence-electron chi connectivity index (χ1n) is 3.88. The summed E-state index contributed by atoms with van der Waals surface area (Å²) in [5, 5.41) is 8.70. The second-order valence-electron chi connectivity index (χ2n) is 2.57. The number of nitriles is 1. The third-order valence-corrected chi connectivity index (χ3v) is 2.25. The zero-order chi connectivity index (χ0) is 9.97. The molecule has 2 aromatic heterocycles. The van der Waals surface area contributed by atoms with Crippen LogP contribution < -0.4 is 0 Å². The molecule has 2 heterocycles. The Kier molecular flexibility index (Phi) is 2.29. The average Bonchev–Trinajstić information content (AvgIpc) is 2.61. The van der Waals surface area contributed by atoms with E-state index in [9.17, 15) is 0 Å². The van der Waals surface area contributed by atoms with E-state index in [1.165, 1.54) is 0 Å². The molecule has 5 heteroatoms. The van der Waals surface area contributed by atoms with Gasteiger partial charge < -0.3 is 4.98 Å². The molecule has 0 spiro atoms. The largest absolute Gasteiger partial charge is 0.330 e. The number of aromatic amines is 1. The van der Waals surface area contributed by atoms with E-state index in [-0.39, 0.29) is 0 Å². The van der Waals surface area contributed by atoms with Gasteiger partial charge >= 0.3 is 0 Å². The Balaban J connectivity index is 2.50. The number of aromatic nitrogens is 3. The molecule has 0 aromatic carbocycles.